The minimum Gasteiger partial charge on any atom is -0.390 e. The third-order valence-electron chi connectivity index (χ3n) is 2.48. The zero-order valence-electron chi connectivity index (χ0n) is 9.52. The van der Waals surface area contributed by atoms with Gasteiger partial charge < -0.3 is 5.11 Å². The molecule has 0 atom stereocenters. The van der Waals surface area contributed by atoms with Crippen LogP contribution in [0.2, 0.25) is 5.02 Å². The molecule has 1 N–H and O–H groups in total. The zero-order chi connectivity index (χ0) is 13.3. The molecule has 2 aromatic rings. The quantitative estimate of drug-likeness (QED) is 0.904. The van der Waals surface area contributed by atoms with Crippen molar-refractivity contribution in [3.8, 4) is 5.69 Å². The van der Waals surface area contributed by atoms with Crippen LogP contribution in [0.1, 0.15) is 11.4 Å². The van der Waals surface area contributed by atoms with E-state index in [0.717, 1.165) is 0 Å². The maximum atomic E-state index is 13.1. The van der Waals surface area contributed by atoms with Crippen molar-refractivity contribution >= 4 is 11.6 Å². The van der Waals surface area contributed by atoms with Crippen LogP contribution in [0.4, 0.5) is 4.39 Å². The Kier molecular flexibility index (Phi) is 3.45. The summed E-state index contributed by atoms with van der Waals surface area (Å²) in [6.45, 7) is 1.24. The third kappa shape index (κ3) is 2.27. The zero-order valence-corrected chi connectivity index (χ0v) is 10.3. The summed E-state index contributed by atoms with van der Waals surface area (Å²) in [6.07, 6.45) is 0. The van der Waals surface area contributed by atoms with Gasteiger partial charge in [-0.3, -0.25) is 4.79 Å². The average Bonchev–Trinajstić information content (AvgIpc) is 2.33. The molecule has 0 aliphatic heterocycles. The summed E-state index contributed by atoms with van der Waals surface area (Å²) in [5.74, 6) is -0.526. The minimum absolute atomic E-state index is 0.0287. The van der Waals surface area contributed by atoms with Crippen LogP contribution < -0.4 is 5.43 Å². The van der Waals surface area contributed by atoms with Gasteiger partial charge in [-0.05, 0) is 25.1 Å². The maximum absolute atomic E-state index is 13.1. The van der Waals surface area contributed by atoms with Gasteiger partial charge in [0, 0.05) is 11.8 Å². The summed E-state index contributed by atoms with van der Waals surface area (Å²) >= 11 is 5.69. The third-order valence-corrected chi connectivity index (χ3v) is 2.77. The monoisotopic (exact) mass is 268 g/mol. The lowest BCUT2D eigenvalue weighted by Crippen LogP contribution is -2.18. The molecule has 0 amide bonds. The van der Waals surface area contributed by atoms with Crippen molar-refractivity contribution in [3.05, 3.63) is 56.7 Å². The highest BCUT2D eigenvalue weighted by Crippen LogP contribution is 2.18. The van der Waals surface area contributed by atoms with Crippen molar-refractivity contribution in [3.63, 3.8) is 0 Å². The van der Waals surface area contributed by atoms with Crippen molar-refractivity contribution in [2.24, 2.45) is 0 Å². The molecule has 1 aromatic carbocycles. The molecule has 1 aromatic heterocycles. The van der Waals surface area contributed by atoms with Crippen LogP contribution in [0.25, 0.3) is 5.69 Å². The first-order chi connectivity index (χ1) is 8.52. The molecule has 0 fully saturated rings. The van der Waals surface area contributed by atoms with Crippen LogP contribution in [-0.2, 0) is 6.61 Å². The van der Waals surface area contributed by atoms with E-state index in [1.54, 1.807) is 6.92 Å². The van der Waals surface area contributed by atoms with Crippen LogP contribution in [0.5, 0.6) is 0 Å². The molecule has 94 valence electrons. The molecule has 0 radical (unpaired) electrons. The number of rotatable bonds is 2. The lowest BCUT2D eigenvalue weighted by molar-refractivity contribution is 0.273. The summed E-state index contributed by atoms with van der Waals surface area (Å²) < 4.78 is 14.5. The van der Waals surface area contributed by atoms with Crippen LogP contribution in [0.3, 0.4) is 0 Å². The van der Waals surface area contributed by atoms with E-state index < -0.39 is 12.4 Å². The van der Waals surface area contributed by atoms with E-state index in [-0.39, 0.29) is 16.1 Å². The summed E-state index contributed by atoms with van der Waals surface area (Å²) in [7, 11) is 0. The Hall–Kier alpha value is -1.72. The SMILES string of the molecule is Cc1cc(=O)c(CO)nn1-c1ccc(F)c(Cl)c1. The van der Waals surface area contributed by atoms with Crippen molar-refractivity contribution in [2.45, 2.75) is 13.5 Å². The van der Waals surface area contributed by atoms with Gasteiger partial charge in [0.05, 0.1) is 17.3 Å². The smallest absolute Gasteiger partial charge is 0.206 e. The highest BCUT2D eigenvalue weighted by atomic mass is 35.5. The van der Waals surface area contributed by atoms with Gasteiger partial charge in [-0.15, -0.1) is 0 Å². The summed E-state index contributed by atoms with van der Waals surface area (Å²) in [4.78, 5) is 11.5. The molecule has 0 saturated carbocycles. The Labute approximate surface area is 107 Å². The predicted octanol–water partition coefficient (Wildman–Crippen LogP) is 1.83. The molecular weight excluding hydrogens is 259 g/mol. The molecule has 0 aliphatic rings. The summed E-state index contributed by atoms with van der Waals surface area (Å²) in [5, 5.41) is 13.0. The molecule has 1 heterocycles. The first-order valence-corrected chi connectivity index (χ1v) is 5.57. The van der Waals surface area contributed by atoms with Gasteiger partial charge >= 0.3 is 0 Å². The fourth-order valence-corrected chi connectivity index (χ4v) is 1.75. The fourth-order valence-electron chi connectivity index (χ4n) is 1.57. The number of aliphatic hydroxyl groups is 1. The highest BCUT2D eigenvalue weighted by molar-refractivity contribution is 6.30. The number of halogens is 2. The minimum atomic E-state index is -0.526. The van der Waals surface area contributed by atoms with Gasteiger partial charge in [0.15, 0.2) is 0 Å². The highest BCUT2D eigenvalue weighted by Gasteiger charge is 2.08. The van der Waals surface area contributed by atoms with E-state index in [4.69, 9.17) is 16.7 Å². The van der Waals surface area contributed by atoms with Gasteiger partial charge in [-0.1, -0.05) is 11.6 Å². The summed E-state index contributed by atoms with van der Waals surface area (Å²) in [6, 6.07) is 5.47. The van der Waals surface area contributed by atoms with E-state index in [1.165, 1.54) is 28.9 Å². The number of hydrogen-bond donors (Lipinski definition) is 1. The van der Waals surface area contributed by atoms with Gasteiger partial charge in [-0.2, -0.15) is 5.10 Å². The molecule has 0 aliphatic carbocycles. The largest absolute Gasteiger partial charge is 0.390 e. The van der Waals surface area contributed by atoms with Crippen LogP contribution in [0, 0.1) is 12.7 Å². The average molecular weight is 269 g/mol. The summed E-state index contributed by atoms with van der Waals surface area (Å²) in [5.41, 5.74) is 0.786. The maximum Gasteiger partial charge on any atom is 0.206 e. The lowest BCUT2D eigenvalue weighted by atomic mass is 10.3. The van der Waals surface area contributed by atoms with E-state index in [9.17, 15) is 9.18 Å². The second-order valence-electron chi connectivity index (χ2n) is 3.76. The van der Waals surface area contributed by atoms with Gasteiger partial charge in [-0.25, -0.2) is 9.07 Å². The van der Waals surface area contributed by atoms with Crippen molar-refractivity contribution in [2.75, 3.05) is 0 Å². The molecule has 0 saturated heterocycles. The fraction of sp³-hybridized carbons (Fsp3) is 0.167. The lowest BCUT2D eigenvalue weighted by Gasteiger charge is -2.10. The molecule has 0 spiro atoms. The van der Waals surface area contributed by atoms with Crippen LogP contribution in [0.15, 0.2) is 29.1 Å². The first kappa shape index (κ1) is 12.7. The first-order valence-electron chi connectivity index (χ1n) is 5.19. The molecule has 18 heavy (non-hydrogen) atoms. The Morgan fingerprint density at radius 1 is 1.44 bits per heavy atom. The second kappa shape index (κ2) is 4.88. The Morgan fingerprint density at radius 2 is 2.17 bits per heavy atom. The van der Waals surface area contributed by atoms with Crippen molar-refractivity contribution in [1.29, 1.82) is 0 Å². The molecule has 4 nitrogen and oxygen atoms in total. The normalized spacial score (nSPS) is 10.7. The van der Waals surface area contributed by atoms with E-state index >= 15 is 0 Å². The Balaban J connectivity index is 2.63. The van der Waals surface area contributed by atoms with E-state index in [1.807, 2.05) is 0 Å². The predicted molar refractivity (Wildman–Crippen MR) is 65.5 cm³/mol. The Morgan fingerprint density at radius 3 is 2.78 bits per heavy atom. The molecule has 6 heteroatoms. The van der Waals surface area contributed by atoms with Crippen LogP contribution in [-0.4, -0.2) is 14.9 Å². The number of aliphatic hydroxyl groups excluding tert-OH is 1. The van der Waals surface area contributed by atoms with Crippen LogP contribution >= 0.6 is 11.6 Å². The number of nitrogens with zero attached hydrogens (tertiary/aromatic N) is 2. The Bertz CT molecular complexity index is 655. The molecule has 0 bridgehead atoms. The van der Waals surface area contributed by atoms with Gasteiger partial charge in [0.25, 0.3) is 0 Å². The molecular formula is C12H10ClFN2O2. The van der Waals surface area contributed by atoms with Crippen molar-refractivity contribution < 1.29 is 9.50 Å². The van der Waals surface area contributed by atoms with Gasteiger partial charge in [0.2, 0.25) is 5.43 Å². The molecule has 2 rings (SSSR count). The topological polar surface area (TPSA) is 55.1 Å². The van der Waals surface area contributed by atoms with Crippen molar-refractivity contribution in [1.82, 2.24) is 9.78 Å². The standard InChI is InChI=1S/C12H10ClFN2O2/c1-7-4-12(18)11(6-17)15-16(7)8-2-3-10(14)9(13)5-8/h2-5,17H,6H2,1H3. The van der Waals surface area contributed by atoms with E-state index in [2.05, 4.69) is 5.10 Å². The second-order valence-corrected chi connectivity index (χ2v) is 4.17. The number of aromatic nitrogens is 2. The number of aryl methyl sites for hydroxylation is 1. The van der Waals surface area contributed by atoms with E-state index in [0.29, 0.717) is 11.4 Å². The number of hydrogen-bond acceptors (Lipinski definition) is 3. The van der Waals surface area contributed by atoms with Gasteiger partial charge in [0.1, 0.15) is 11.5 Å². The number of benzene rings is 1. The molecule has 0 unspecified atom stereocenters.